The van der Waals surface area contributed by atoms with Crippen molar-refractivity contribution < 1.29 is 0 Å². The van der Waals surface area contributed by atoms with E-state index in [0.29, 0.717) is 5.92 Å². The minimum Gasteiger partial charge on any atom is -0.311 e. The molecule has 1 aliphatic heterocycles. The molecule has 1 N–H and O–H groups in total. The highest BCUT2D eigenvalue weighted by Gasteiger charge is 2.61. The Kier molecular flexibility index (Phi) is 2.05. The lowest BCUT2D eigenvalue weighted by Crippen LogP contribution is -2.31. The van der Waals surface area contributed by atoms with E-state index in [1.807, 2.05) is 0 Å². The van der Waals surface area contributed by atoms with E-state index < -0.39 is 0 Å². The van der Waals surface area contributed by atoms with Gasteiger partial charge in [-0.2, -0.15) is 0 Å². The summed E-state index contributed by atoms with van der Waals surface area (Å²) in [5.41, 5.74) is 2.80. The first-order valence-corrected chi connectivity index (χ1v) is 5.93. The van der Waals surface area contributed by atoms with Crippen LogP contribution in [0, 0.1) is 13.5 Å². The minimum absolute atomic E-state index is 0.147. The van der Waals surface area contributed by atoms with Crippen molar-refractivity contribution in [3.05, 3.63) is 46.8 Å². The monoisotopic (exact) mass is 212 g/mol. The molecule has 2 heteroatoms. The average molecular weight is 212 g/mol. The zero-order chi connectivity index (χ0) is 11.2. The molecule has 1 aromatic carbocycles. The Hall–Kier alpha value is -1.33. The summed E-state index contributed by atoms with van der Waals surface area (Å²) in [5, 5.41) is 3.56. The maximum atomic E-state index is 7.41. The summed E-state index contributed by atoms with van der Waals surface area (Å²) in [7, 11) is 0. The third-order valence-corrected chi connectivity index (χ3v) is 4.02. The van der Waals surface area contributed by atoms with Crippen LogP contribution in [0.2, 0.25) is 0 Å². The maximum Gasteiger partial charge on any atom is 0.249 e. The van der Waals surface area contributed by atoms with Crippen molar-refractivity contribution in [2.24, 2.45) is 0 Å². The van der Waals surface area contributed by atoms with E-state index in [1.165, 1.54) is 24.0 Å². The quantitative estimate of drug-likeness (QED) is 0.707. The highest BCUT2D eigenvalue weighted by atomic mass is 15.1. The molecule has 1 spiro atoms. The zero-order valence-corrected chi connectivity index (χ0v) is 9.53. The Balaban J connectivity index is 1.94. The van der Waals surface area contributed by atoms with Crippen LogP contribution in [0.3, 0.4) is 0 Å². The van der Waals surface area contributed by atoms with E-state index in [9.17, 15) is 0 Å². The lowest BCUT2D eigenvalue weighted by molar-refractivity contribution is 0.564. The van der Waals surface area contributed by atoms with E-state index in [-0.39, 0.29) is 11.6 Å². The third-order valence-electron chi connectivity index (χ3n) is 4.02. The summed E-state index contributed by atoms with van der Waals surface area (Å²) in [6, 6.07) is 8.76. The first kappa shape index (κ1) is 9.86. The second-order valence-electron chi connectivity index (χ2n) is 5.13. The number of hydrogen-bond acceptors (Lipinski definition) is 1. The van der Waals surface area contributed by atoms with Gasteiger partial charge in [-0.25, -0.2) is 6.57 Å². The van der Waals surface area contributed by atoms with Gasteiger partial charge in [-0.05, 0) is 25.3 Å². The SMILES string of the molecule is [C-]#[N+][C@H]1[C@H](c2cccc(C)c2)CNC12CC2. The van der Waals surface area contributed by atoms with Crippen molar-refractivity contribution in [3.8, 4) is 0 Å². The molecule has 0 bridgehead atoms. The van der Waals surface area contributed by atoms with E-state index in [4.69, 9.17) is 6.57 Å². The fraction of sp³-hybridized carbons (Fsp3) is 0.500. The zero-order valence-electron chi connectivity index (χ0n) is 9.53. The molecule has 1 aliphatic carbocycles. The molecular formula is C14H16N2. The molecule has 2 nitrogen and oxygen atoms in total. The van der Waals surface area contributed by atoms with Crippen LogP contribution in [0.1, 0.15) is 29.9 Å². The summed E-state index contributed by atoms with van der Waals surface area (Å²) in [4.78, 5) is 3.88. The van der Waals surface area contributed by atoms with Crippen LogP contribution in [0.4, 0.5) is 0 Å². The highest BCUT2D eigenvalue weighted by molar-refractivity contribution is 5.34. The van der Waals surface area contributed by atoms with Gasteiger partial charge < -0.3 is 10.2 Å². The Labute approximate surface area is 96.5 Å². The van der Waals surface area contributed by atoms with Gasteiger partial charge in [-0.3, -0.25) is 0 Å². The highest BCUT2D eigenvalue weighted by Crippen LogP contribution is 2.49. The summed E-state index contributed by atoms with van der Waals surface area (Å²) >= 11 is 0. The van der Waals surface area contributed by atoms with Gasteiger partial charge in [0.25, 0.3) is 0 Å². The van der Waals surface area contributed by atoms with Crippen LogP contribution in [0.15, 0.2) is 24.3 Å². The molecular weight excluding hydrogens is 196 g/mol. The number of nitrogens with zero attached hydrogens (tertiary/aromatic N) is 1. The van der Waals surface area contributed by atoms with Gasteiger partial charge in [-0.1, -0.05) is 29.8 Å². The van der Waals surface area contributed by atoms with Gasteiger partial charge in [0.05, 0.1) is 11.5 Å². The molecule has 1 heterocycles. The maximum absolute atomic E-state index is 7.41. The summed E-state index contributed by atoms with van der Waals surface area (Å²) in [6.45, 7) is 10.5. The van der Waals surface area contributed by atoms with E-state index in [0.717, 1.165) is 6.54 Å². The van der Waals surface area contributed by atoms with Gasteiger partial charge >= 0.3 is 0 Å². The van der Waals surface area contributed by atoms with Crippen molar-refractivity contribution in [3.63, 3.8) is 0 Å². The van der Waals surface area contributed by atoms with Crippen molar-refractivity contribution in [1.29, 1.82) is 0 Å². The first-order valence-electron chi connectivity index (χ1n) is 5.93. The van der Waals surface area contributed by atoms with Crippen molar-refractivity contribution in [2.45, 2.75) is 37.3 Å². The molecule has 3 rings (SSSR count). The molecule has 16 heavy (non-hydrogen) atoms. The second-order valence-corrected chi connectivity index (χ2v) is 5.13. The van der Waals surface area contributed by atoms with Crippen LogP contribution in [0.25, 0.3) is 4.85 Å². The van der Waals surface area contributed by atoms with Crippen LogP contribution in [-0.2, 0) is 0 Å². The molecule has 82 valence electrons. The van der Waals surface area contributed by atoms with Gasteiger partial charge in [0, 0.05) is 6.54 Å². The van der Waals surface area contributed by atoms with Gasteiger partial charge in [-0.15, -0.1) is 0 Å². The Morgan fingerprint density at radius 2 is 2.25 bits per heavy atom. The van der Waals surface area contributed by atoms with Gasteiger partial charge in [0.2, 0.25) is 6.04 Å². The van der Waals surface area contributed by atoms with E-state index in [2.05, 4.69) is 41.4 Å². The molecule has 2 atom stereocenters. The molecule has 1 saturated carbocycles. The molecule has 2 fully saturated rings. The number of hydrogen-bond donors (Lipinski definition) is 1. The Bertz CT molecular complexity index is 454. The fourth-order valence-electron chi connectivity index (χ4n) is 2.94. The van der Waals surface area contributed by atoms with Crippen LogP contribution < -0.4 is 5.32 Å². The second kappa shape index (κ2) is 3.33. The fourth-order valence-corrected chi connectivity index (χ4v) is 2.94. The number of nitrogens with one attached hydrogen (secondary N) is 1. The van der Waals surface area contributed by atoms with Crippen LogP contribution >= 0.6 is 0 Å². The summed E-state index contributed by atoms with van der Waals surface area (Å²) in [6.07, 6.45) is 2.37. The van der Waals surface area contributed by atoms with E-state index >= 15 is 0 Å². The predicted octanol–water partition coefficient (Wildman–Crippen LogP) is 2.50. The third kappa shape index (κ3) is 1.36. The largest absolute Gasteiger partial charge is 0.311 e. The number of benzene rings is 1. The summed E-state index contributed by atoms with van der Waals surface area (Å²) in [5.74, 6) is 0.389. The van der Waals surface area contributed by atoms with Gasteiger partial charge in [0.1, 0.15) is 0 Å². The Morgan fingerprint density at radius 3 is 2.88 bits per heavy atom. The Morgan fingerprint density at radius 1 is 1.44 bits per heavy atom. The van der Waals surface area contributed by atoms with Crippen molar-refractivity contribution >= 4 is 0 Å². The molecule has 1 aromatic rings. The lowest BCUT2D eigenvalue weighted by Gasteiger charge is -2.13. The molecule has 0 amide bonds. The number of aryl methyl sites for hydroxylation is 1. The number of rotatable bonds is 1. The normalized spacial score (nSPS) is 30.2. The predicted molar refractivity (Wildman–Crippen MR) is 64.3 cm³/mol. The minimum atomic E-state index is 0.147. The molecule has 0 unspecified atom stereocenters. The first-order chi connectivity index (χ1) is 7.75. The topological polar surface area (TPSA) is 16.4 Å². The average Bonchev–Trinajstić information content (AvgIpc) is 2.93. The molecule has 0 radical (unpaired) electrons. The van der Waals surface area contributed by atoms with Crippen molar-refractivity contribution in [1.82, 2.24) is 5.32 Å². The van der Waals surface area contributed by atoms with E-state index in [1.54, 1.807) is 0 Å². The van der Waals surface area contributed by atoms with Crippen LogP contribution in [-0.4, -0.2) is 18.1 Å². The van der Waals surface area contributed by atoms with Crippen LogP contribution in [0.5, 0.6) is 0 Å². The smallest absolute Gasteiger partial charge is 0.249 e. The molecule has 1 saturated heterocycles. The lowest BCUT2D eigenvalue weighted by atomic mass is 9.90. The molecule has 2 aliphatic rings. The standard InChI is InChI=1S/C14H16N2/c1-10-4-3-5-11(8-10)12-9-16-14(6-7-14)13(12)15-2/h3-5,8,12-13,16H,6-7,9H2,1H3/t12-,13-/m0/s1. The summed E-state index contributed by atoms with van der Waals surface area (Å²) < 4.78 is 0. The molecule has 0 aromatic heterocycles. The van der Waals surface area contributed by atoms with Gasteiger partial charge in [0.15, 0.2) is 0 Å². The van der Waals surface area contributed by atoms with Crippen molar-refractivity contribution in [2.75, 3.05) is 6.54 Å².